The topological polar surface area (TPSA) is 114 Å². The lowest BCUT2D eigenvalue weighted by molar-refractivity contribution is 0.0943. The summed E-state index contributed by atoms with van der Waals surface area (Å²) in [7, 11) is -0.134. The summed E-state index contributed by atoms with van der Waals surface area (Å²) in [5, 5.41) is 2.89. The summed E-state index contributed by atoms with van der Waals surface area (Å²) in [4.78, 5) is 22.9. The Morgan fingerprint density at radius 1 is 1.24 bits per heavy atom. The van der Waals surface area contributed by atoms with Crippen molar-refractivity contribution in [2.45, 2.75) is 43.9 Å². The predicted molar refractivity (Wildman–Crippen MR) is 124 cm³/mol. The first kappa shape index (κ1) is 23.0. The second-order valence-corrected chi connectivity index (χ2v) is 10.4. The highest BCUT2D eigenvalue weighted by atomic mass is 32.2. The zero-order valence-corrected chi connectivity index (χ0v) is 20.0. The Bertz CT molecular complexity index is 1260. The normalized spacial score (nSPS) is 16.2. The number of hydrogen-bond donors (Lipinski definition) is 2. The number of hydrogen-bond acceptors (Lipinski definition) is 6. The minimum absolute atomic E-state index is 0.0148. The van der Waals surface area contributed by atoms with Crippen LogP contribution in [0.2, 0.25) is 0 Å². The number of amides is 1. The van der Waals surface area contributed by atoms with Gasteiger partial charge in [0.25, 0.3) is 15.9 Å². The molecule has 176 valence electrons. The van der Waals surface area contributed by atoms with Crippen LogP contribution in [0.3, 0.4) is 0 Å². The number of carbonyl (C=O) groups is 1. The molecule has 10 nitrogen and oxygen atoms in total. The Morgan fingerprint density at radius 2 is 2.03 bits per heavy atom. The first-order valence-electron chi connectivity index (χ1n) is 10.8. The average molecular weight is 472 g/mol. The maximum Gasteiger partial charge on any atom is 0.259 e. The molecule has 0 saturated heterocycles. The zero-order valence-electron chi connectivity index (χ0n) is 19.2. The highest BCUT2D eigenvalue weighted by molar-refractivity contribution is 7.89. The van der Waals surface area contributed by atoms with E-state index in [1.54, 1.807) is 24.1 Å². The largest absolute Gasteiger partial charge is 0.364 e. The lowest BCUT2D eigenvalue weighted by Crippen LogP contribution is -2.48. The minimum atomic E-state index is -3.78. The first-order chi connectivity index (χ1) is 15.6. The molecule has 0 saturated carbocycles. The second kappa shape index (κ2) is 8.99. The fourth-order valence-corrected chi connectivity index (χ4v) is 5.22. The number of rotatable bonds is 7. The summed E-state index contributed by atoms with van der Waals surface area (Å²) < 4.78 is 32.2. The van der Waals surface area contributed by atoms with E-state index < -0.39 is 10.0 Å². The van der Waals surface area contributed by atoms with Crippen molar-refractivity contribution in [3.63, 3.8) is 0 Å². The number of imidazole rings is 2. The van der Waals surface area contributed by atoms with Gasteiger partial charge in [0.2, 0.25) is 0 Å². The molecule has 2 aromatic heterocycles. The van der Waals surface area contributed by atoms with E-state index in [2.05, 4.69) is 24.9 Å². The maximum absolute atomic E-state index is 12.9. The molecule has 0 bridgehead atoms. The van der Waals surface area contributed by atoms with E-state index in [0.29, 0.717) is 25.1 Å². The van der Waals surface area contributed by atoms with Crippen LogP contribution < -0.4 is 14.9 Å². The molecule has 0 spiro atoms. The number of carbonyl (C=O) groups excluding carboxylic acids is 1. The number of aryl methyl sites for hydroxylation is 2. The Balaban J connectivity index is 1.65. The third-order valence-corrected chi connectivity index (χ3v) is 6.96. The van der Waals surface area contributed by atoms with Crippen molar-refractivity contribution in [1.82, 2.24) is 29.1 Å². The Hall–Kier alpha value is -3.18. The van der Waals surface area contributed by atoms with Crippen molar-refractivity contribution in [2.75, 3.05) is 11.4 Å². The van der Waals surface area contributed by atoms with E-state index in [1.807, 2.05) is 43.7 Å². The number of benzene rings is 1. The van der Waals surface area contributed by atoms with Gasteiger partial charge in [-0.05, 0) is 44.0 Å². The Morgan fingerprint density at radius 3 is 2.67 bits per heavy atom. The summed E-state index contributed by atoms with van der Waals surface area (Å²) in [6, 6.07) is 5.23. The van der Waals surface area contributed by atoms with Gasteiger partial charge in [-0.25, -0.2) is 23.1 Å². The van der Waals surface area contributed by atoms with Crippen molar-refractivity contribution >= 4 is 21.6 Å². The van der Waals surface area contributed by atoms with Crippen LogP contribution in [0, 0.1) is 0 Å². The van der Waals surface area contributed by atoms with Crippen LogP contribution in [-0.2, 0) is 37.1 Å². The molecule has 4 rings (SSSR count). The standard InChI is InChI=1S/C22H29N7O3S/c1-15(2)25-22(30)16-5-6-20-17(7-16)8-18(10-29(20)11-19-9-23-13-28(19)4)26-33(31,32)21-12-27(3)14-24-21/h5-7,9,12-15,18,26H,8,10-11H2,1-4H3,(H,25,30). The lowest BCUT2D eigenvalue weighted by Gasteiger charge is -2.36. The van der Waals surface area contributed by atoms with E-state index in [-0.39, 0.29) is 23.0 Å². The van der Waals surface area contributed by atoms with Crippen LogP contribution >= 0.6 is 0 Å². The van der Waals surface area contributed by atoms with Crippen LogP contribution in [-0.4, -0.2) is 52.1 Å². The van der Waals surface area contributed by atoms with Gasteiger partial charge in [-0.3, -0.25) is 4.79 Å². The number of nitrogens with one attached hydrogen (secondary N) is 2. The molecule has 1 unspecified atom stereocenters. The number of sulfonamides is 1. The summed E-state index contributed by atoms with van der Waals surface area (Å²) in [5.41, 5.74) is 3.44. The summed E-state index contributed by atoms with van der Waals surface area (Å²) in [6.45, 7) is 4.85. The van der Waals surface area contributed by atoms with Gasteiger partial charge in [0, 0.05) is 56.4 Å². The van der Waals surface area contributed by atoms with Gasteiger partial charge in [-0.15, -0.1) is 0 Å². The van der Waals surface area contributed by atoms with Crippen molar-refractivity contribution in [1.29, 1.82) is 0 Å². The molecule has 0 fully saturated rings. The van der Waals surface area contributed by atoms with Gasteiger partial charge in [-0.1, -0.05) is 0 Å². The van der Waals surface area contributed by atoms with Gasteiger partial charge < -0.3 is 19.4 Å². The molecule has 2 N–H and O–H groups in total. The SMILES string of the molecule is CC(C)NC(=O)c1ccc2c(c1)CC(NS(=O)(=O)c1cn(C)cn1)CN2Cc1cncn1C. The first-order valence-corrected chi connectivity index (χ1v) is 12.2. The van der Waals surface area contributed by atoms with Crippen LogP contribution in [0.15, 0.2) is 48.3 Å². The molecule has 33 heavy (non-hydrogen) atoms. The highest BCUT2D eigenvalue weighted by Gasteiger charge is 2.30. The van der Waals surface area contributed by atoms with Gasteiger partial charge in [0.1, 0.15) is 0 Å². The monoisotopic (exact) mass is 471 g/mol. The molecule has 1 aliphatic heterocycles. The van der Waals surface area contributed by atoms with Gasteiger partial charge >= 0.3 is 0 Å². The van der Waals surface area contributed by atoms with Crippen LogP contribution in [0.4, 0.5) is 5.69 Å². The molecular weight excluding hydrogens is 442 g/mol. The van der Waals surface area contributed by atoms with Crippen molar-refractivity contribution < 1.29 is 13.2 Å². The highest BCUT2D eigenvalue weighted by Crippen LogP contribution is 2.30. The molecule has 1 amide bonds. The zero-order chi connectivity index (χ0) is 23.8. The van der Waals surface area contributed by atoms with E-state index in [1.165, 1.54) is 12.5 Å². The number of fused-ring (bicyclic) bond motifs is 1. The van der Waals surface area contributed by atoms with E-state index in [0.717, 1.165) is 16.9 Å². The predicted octanol–water partition coefficient (Wildman–Crippen LogP) is 1.20. The average Bonchev–Trinajstić information content (AvgIpc) is 3.35. The molecule has 1 aromatic carbocycles. The third kappa shape index (κ3) is 5.09. The van der Waals surface area contributed by atoms with Gasteiger partial charge in [-0.2, -0.15) is 0 Å². The minimum Gasteiger partial charge on any atom is -0.364 e. The van der Waals surface area contributed by atoms with Crippen LogP contribution in [0.5, 0.6) is 0 Å². The quantitative estimate of drug-likeness (QED) is 0.535. The van der Waals surface area contributed by atoms with E-state index in [4.69, 9.17) is 0 Å². The van der Waals surface area contributed by atoms with E-state index in [9.17, 15) is 13.2 Å². The van der Waals surface area contributed by atoms with Gasteiger partial charge in [0.05, 0.1) is 24.9 Å². The molecule has 1 aliphatic rings. The molecule has 0 aliphatic carbocycles. The van der Waals surface area contributed by atoms with Crippen molar-refractivity contribution in [3.05, 3.63) is 60.1 Å². The Kier molecular flexibility index (Phi) is 6.26. The third-order valence-electron chi connectivity index (χ3n) is 5.56. The molecule has 1 atom stereocenters. The van der Waals surface area contributed by atoms with E-state index >= 15 is 0 Å². The maximum atomic E-state index is 12.9. The van der Waals surface area contributed by atoms with Crippen LogP contribution in [0.1, 0.15) is 35.5 Å². The summed E-state index contributed by atoms with van der Waals surface area (Å²) >= 11 is 0. The molecule has 3 heterocycles. The molecule has 3 aromatic rings. The number of aromatic nitrogens is 4. The summed E-state index contributed by atoms with van der Waals surface area (Å²) in [5.74, 6) is -0.151. The fraction of sp³-hybridized carbons (Fsp3) is 0.409. The van der Waals surface area contributed by atoms with Crippen molar-refractivity contribution in [3.8, 4) is 0 Å². The lowest BCUT2D eigenvalue weighted by atomic mass is 9.96. The van der Waals surface area contributed by atoms with Crippen molar-refractivity contribution in [2.24, 2.45) is 14.1 Å². The van der Waals surface area contributed by atoms with Gasteiger partial charge in [0.15, 0.2) is 5.03 Å². The summed E-state index contributed by atoms with van der Waals surface area (Å²) in [6.07, 6.45) is 6.93. The molecule has 0 radical (unpaired) electrons. The molecular formula is C22H29N7O3S. The molecule has 11 heteroatoms. The smallest absolute Gasteiger partial charge is 0.259 e. The fourth-order valence-electron chi connectivity index (χ4n) is 4.01. The number of nitrogens with zero attached hydrogens (tertiary/aromatic N) is 5. The number of anilines is 1. The van der Waals surface area contributed by atoms with Crippen LogP contribution in [0.25, 0.3) is 0 Å². The second-order valence-electron chi connectivity index (χ2n) is 8.75. The Labute approximate surface area is 193 Å².